The molecule has 2 heterocycles. The van der Waals surface area contributed by atoms with Crippen molar-refractivity contribution in [1.82, 2.24) is 20.0 Å². The van der Waals surface area contributed by atoms with Gasteiger partial charge in [0, 0.05) is 30.8 Å². The second-order valence-corrected chi connectivity index (χ2v) is 5.22. The van der Waals surface area contributed by atoms with Gasteiger partial charge in [0.05, 0.1) is 11.4 Å². The Morgan fingerprint density at radius 1 is 1.47 bits per heavy atom. The largest absolute Gasteiger partial charge is 0.361 e. The van der Waals surface area contributed by atoms with E-state index in [-0.39, 0.29) is 6.04 Å². The maximum Gasteiger partial charge on any atom is 0.140 e. The summed E-state index contributed by atoms with van der Waals surface area (Å²) in [6.07, 6.45) is 5.83. The highest BCUT2D eigenvalue weighted by Crippen LogP contribution is 2.40. The molecule has 0 spiro atoms. The van der Waals surface area contributed by atoms with Crippen molar-refractivity contribution in [3.63, 3.8) is 0 Å². The second kappa shape index (κ2) is 5.09. The molecule has 0 saturated heterocycles. The Hall–Kier alpha value is -1.75. The van der Waals surface area contributed by atoms with E-state index in [1.165, 1.54) is 12.8 Å². The Morgan fingerprint density at radius 2 is 2.32 bits per heavy atom. The van der Waals surface area contributed by atoms with E-state index in [9.17, 15) is 0 Å². The van der Waals surface area contributed by atoms with Crippen molar-refractivity contribution in [1.29, 1.82) is 0 Å². The molecule has 1 aliphatic carbocycles. The van der Waals surface area contributed by atoms with E-state index in [1.54, 1.807) is 12.5 Å². The number of hydrogen-bond donors (Lipinski definition) is 0. The van der Waals surface area contributed by atoms with Crippen molar-refractivity contribution < 1.29 is 4.52 Å². The lowest BCUT2D eigenvalue weighted by molar-refractivity contribution is 0.240. The van der Waals surface area contributed by atoms with Gasteiger partial charge in [-0.15, -0.1) is 0 Å². The van der Waals surface area contributed by atoms with E-state index < -0.39 is 0 Å². The van der Waals surface area contributed by atoms with Crippen molar-refractivity contribution in [3.8, 4) is 0 Å². The number of aromatic nitrogens is 3. The Kier molecular flexibility index (Phi) is 3.29. The molecule has 1 atom stereocenters. The fraction of sp³-hybridized carbons (Fsp3) is 0.500. The van der Waals surface area contributed by atoms with Gasteiger partial charge in [-0.2, -0.15) is 0 Å². The van der Waals surface area contributed by atoms with Gasteiger partial charge < -0.3 is 4.52 Å². The highest BCUT2D eigenvalue weighted by atomic mass is 16.5. The highest BCUT2D eigenvalue weighted by molar-refractivity contribution is 5.14. The maximum absolute atomic E-state index is 5.37. The van der Waals surface area contributed by atoms with E-state index >= 15 is 0 Å². The van der Waals surface area contributed by atoms with Crippen molar-refractivity contribution in [2.45, 2.75) is 38.3 Å². The minimum Gasteiger partial charge on any atom is -0.361 e. The molecule has 3 rings (SSSR count). The lowest BCUT2D eigenvalue weighted by Gasteiger charge is -2.22. The van der Waals surface area contributed by atoms with E-state index in [0.717, 1.165) is 23.7 Å². The summed E-state index contributed by atoms with van der Waals surface area (Å²) in [6, 6.07) is 4.25. The van der Waals surface area contributed by atoms with Crippen LogP contribution < -0.4 is 0 Å². The molecule has 5 heteroatoms. The number of rotatable bonds is 5. The Labute approximate surface area is 112 Å². The summed E-state index contributed by atoms with van der Waals surface area (Å²) in [7, 11) is 2.07. The molecule has 0 radical (unpaired) electrons. The first kappa shape index (κ1) is 12.3. The number of nitrogens with zero attached hydrogens (tertiary/aromatic N) is 4. The monoisotopic (exact) mass is 258 g/mol. The Bertz CT molecular complexity index is 535. The molecule has 5 nitrogen and oxygen atoms in total. The minimum atomic E-state index is 0.226. The molecule has 2 aromatic rings. The predicted octanol–water partition coefficient (Wildman–Crippen LogP) is 2.54. The third-order valence-electron chi connectivity index (χ3n) is 3.66. The van der Waals surface area contributed by atoms with Crippen LogP contribution in [0, 0.1) is 0 Å². The second-order valence-electron chi connectivity index (χ2n) is 5.22. The molecule has 1 saturated carbocycles. The smallest absolute Gasteiger partial charge is 0.140 e. The molecule has 100 valence electrons. The van der Waals surface area contributed by atoms with Crippen molar-refractivity contribution >= 4 is 0 Å². The van der Waals surface area contributed by atoms with Crippen LogP contribution in [-0.2, 0) is 6.54 Å². The first-order valence-corrected chi connectivity index (χ1v) is 6.65. The lowest BCUT2D eigenvalue weighted by Crippen LogP contribution is -2.22. The molecule has 0 N–H and O–H groups in total. The minimum absolute atomic E-state index is 0.226. The molecule has 0 amide bonds. The van der Waals surface area contributed by atoms with Gasteiger partial charge >= 0.3 is 0 Å². The van der Waals surface area contributed by atoms with E-state index in [1.807, 2.05) is 6.07 Å². The van der Waals surface area contributed by atoms with Crippen LogP contribution in [0.2, 0.25) is 0 Å². The summed E-state index contributed by atoms with van der Waals surface area (Å²) >= 11 is 0. The summed E-state index contributed by atoms with van der Waals surface area (Å²) in [5.41, 5.74) is 2.01. The topological polar surface area (TPSA) is 55.1 Å². The quantitative estimate of drug-likeness (QED) is 0.825. The van der Waals surface area contributed by atoms with Crippen LogP contribution in [0.3, 0.4) is 0 Å². The van der Waals surface area contributed by atoms with E-state index in [0.29, 0.717) is 5.92 Å². The van der Waals surface area contributed by atoms with Gasteiger partial charge in [-0.1, -0.05) is 5.16 Å². The third kappa shape index (κ3) is 2.81. The van der Waals surface area contributed by atoms with Gasteiger partial charge in [-0.05, 0) is 32.9 Å². The van der Waals surface area contributed by atoms with E-state index in [4.69, 9.17) is 4.52 Å². The van der Waals surface area contributed by atoms with Gasteiger partial charge in [0.15, 0.2) is 0 Å². The van der Waals surface area contributed by atoms with Gasteiger partial charge in [0.25, 0.3) is 0 Å². The molecule has 0 aliphatic heterocycles. The molecular weight excluding hydrogens is 240 g/mol. The van der Waals surface area contributed by atoms with Gasteiger partial charge in [0.1, 0.15) is 12.1 Å². The Balaban J connectivity index is 1.64. The fourth-order valence-corrected chi connectivity index (χ4v) is 2.13. The first-order chi connectivity index (χ1) is 9.24. The highest BCUT2D eigenvalue weighted by Gasteiger charge is 2.28. The standard InChI is InChI=1S/C14H18N4O/c1-10(13-5-6-15-9-16-13)18(2)8-12-7-14(19-17-12)11-3-4-11/h5-7,9-11H,3-4,8H2,1-2H3/t10-/m0/s1. The molecule has 2 aromatic heterocycles. The number of hydrogen-bond acceptors (Lipinski definition) is 5. The zero-order chi connectivity index (χ0) is 13.2. The van der Waals surface area contributed by atoms with Gasteiger partial charge in [-0.3, -0.25) is 4.90 Å². The van der Waals surface area contributed by atoms with Crippen LogP contribution in [-0.4, -0.2) is 27.1 Å². The van der Waals surface area contributed by atoms with E-state index in [2.05, 4.69) is 40.1 Å². The van der Waals surface area contributed by atoms with Crippen molar-refractivity contribution in [2.75, 3.05) is 7.05 Å². The molecule has 0 bridgehead atoms. The lowest BCUT2D eigenvalue weighted by atomic mass is 10.2. The van der Waals surface area contributed by atoms with Crippen molar-refractivity contribution in [2.24, 2.45) is 0 Å². The summed E-state index contributed by atoms with van der Waals surface area (Å²) in [6.45, 7) is 2.89. The van der Waals surface area contributed by atoms with Crippen LogP contribution >= 0.6 is 0 Å². The van der Waals surface area contributed by atoms with Crippen LogP contribution in [0.25, 0.3) is 0 Å². The zero-order valence-electron chi connectivity index (χ0n) is 11.3. The third-order valence-corrected chi connectivity index (χ3v) is 3.66. The van der Waals surface area contributed by atoms with Crippen LogP contribution in [0.5, 0.6) is 0 Å². The van der Waals surface area contributed by atoms with Crippen molar-refractivity contribution in [3.05, 3.63) is 41.8 Å². The SMILES string of the molecule is C[C@@H](c1ccncn1)N(C)Cc1cc(C2CC2)on1. The average Bonchev–Trinajstić information content (AvgIpc) is 3.20. The molecule has 1 fully saturated rings. The molecule has 19 heavy (non-hydrogen) atoms. The summed E-state index contributed by atoms with van der Waals surface area (Å²) in [4.78, 5) is 10.4. The molecule has 0 unspecified atom stereocenters. The zero-order valence-corrected chi connectivity index (χ0v) is 11.3. The normalized spacial score (nSPS) is 16.8. The van der Waals surface area contributed by atoms with Gasteiger partial charge in [-0.25, -0.2) is 9.97 Å². The first-order valence-electron chi connectivity index (χ1n) is 6.65. The Morgan fingerprint density at radius 3 is 3.00 bits per heavy atom. The summed E-state index contributed by atoms with van der Waals surface area (Å²) in [5, 5.41) is 4.14. The average molecular weight is 258 g/mol. The molecule has 0 aromatic carbocycles. The summed E-state index contributed by atoms with van der Waals surface area (Å²) in [5.74, 6) is 1.66. The van der Waals surface area contributed by atoms with Gasteiger partial charge in [0.2, 0.25) is 0 Å². The summed E-state index contributed by atoms with van der Waals surface area (Å²) < 4.78 is 5.37. The molecular formula is C14H18N4O. The fourth-order valence-electron chi connectivity index (χ4n) is 2.13. The van der Waals surface area contributed by atoms with Crippen LogP contribution in [0.4, 0.5) is 0 Å². The predicted molar refractivity (Wildman–Crippen MR) is 70.4 cm³/mol. The maximum atomic E-state index is 5.37. The van der Waals surface area contributed by atoms with Crippen LogP contribution in [0.1, 0.15) is 48.9 Å². The molecule has 1 aliphatic rings. The van der Waals surface area contributed by atoms with Crippen LogP contribution in [0.15, 0.2) is 29.2 Å².